The number of ether oxygens (including phenoxy) is 1. The molecule has 5 heteroatoms. The van der Waals surface area contributed by atoms with Gasteiger partial charge in [-0.3, -0.25) is 4.79 Å². The molecule has 0 aliphatic heterocycles. The number of carbonyl (C=O) groups is 1. The second-order valence-electron chi connectivity index (χ2n) is 4.63. The van der Waals surface area contributed by atoms with E-state index in [1.54, 1.807) is 0 Å². The summed E-state index contributed by atoms with van der Waals surface area (Å²) < 4.78 is 6.52. The second-order valence-corrected chi connectivity index (χ2v) is 5.43. The maximum absolute atomic E-state index is 10.8. The summed E-state index contributed by atoms with van der Waals surface area (Å²) in [6.45, 7) is 0.729. The van der Waals surface area contributed by atoms with Gasteiger partial charge in [-0.25, -0.2) is 0 Å². The van der Waals surface area contributed by atoms with Gasteiger partial charge in [-0.05, 0) is 52.7 Å². The summed E-state index contributed by atoms with van der Waals surface area (Å²) in [4.78, 5) is 10.8. The van der Waals surface area contributed by atoms with E-state index in [-0.39, 0.29) is 6.42 Å². The molecule has 18 heavy (non-hydrogen) atoms. The van der Waals surface area contributed by atoms with Gasteiger partial charge in [0.2, 0.25) is 0 Å². The quantitative estimate of drug-likeness (QED) is 0.844. The van der Waals surface area contributed by atoms with Gasteiger partial charge in [-0.2, -0.15) is 0 Å². The molecule has 0 bridgehead atoms. The highest BCUT2D eigenvalue weighted by Gasteiger charge is 2.22. The molecule has 0 radical (unpaired) electrons. The van der Waals surface area contributed by atoms with E-state index in [0.717, 1.165) is 22.4 Å². The first-order valence-electron chi connectivity index (χ1n) is 5.96. The minimum atomic E-state index is -0.994. The lowest BCUT2D eigenvalue weighted by molar-refractivity contribution is -0.138. The fraction of sp³-hybridized carbons (Fsp3) is 0.462. The molecule has 98 valence electrons. The van der Waals surface area contributed by atoms with Crippen molar-refractivity contribution in [1.29, 1.82) is 0 Å². The van der Waals surface area contributed by atoms with Crippen LogP contribution in [0.15, 0.2) is 22.7 Å². The van der Waals surface area contributed by atoms with E-state index in [1.807, 2.05) is 18.2 Å². The molecule has 1 unspecified atom stereocenters. The van der Waals surface area contributed by atoms with Gasteiger partial charge in [0.25, 0.3) is 0 Å². The van der Waals surface area contributed by atoms with Gasteiger partial charge in [0, 0.05) is 0 Å². The highest BCUT2D eigenvalue weighted by atomic mass is 79.9. The Kier molecular flexibility index (Phi) is 4.24. The SMILES string of the molecule is NC(Cc1cccc(OCC2CC2)c1Br)C(=O)O. The predicted octanol–water partition coefficient (Wildman–Crippen LogP) is 2.19. The summed E-state index contributed by atoms with van der Waals surface area (Å²) in [5.41, 5.74) is 6.40. The Labute approximate surface area is 114 Å². The lowest BCUT2D eigenvalue weighted by atomic mass is 10.1. The fourth-order valence-electron chi connectivity index (χ4n) is 1.64. The molecule has 1 saturated carbocycles. The van der Waals surface area contributed by atoms with Gasteiger partial charge < -0.3 is 15.6 Å². The maximum Gasteiger partial charge on any atom is 0.320 e. The van der Waals surface area contributed by atoms with Crippen LogP contribution in [0, 0.1) is 5.92 Å². The van der Waals surface area contributed by atoms with Crippen LogP contribution in [-0.4, -0.2) is 23.7 Å². The van der Waals surface area contributed by atoms with Gasteiger partial charge in [-0.15, -0.1) is 0 Å². The van der Waals surface area contributed by atoms with Crippen molar-refractivity contribution < 1.29 is 14.6 Å². The van der Waals surface area contributed by atoms with Crippen LogP contribution >= 0.6 is 15.9 Å². The summed E-state index contributed by atoms with van der Waals surface area (Å²) in [5, 5.41) is 8.82. The Bertz CT molecular complexity index is 446. The molecule has 1 aliphatic carbocycles. The molecule has 0 amide bonds. The highest BCUT2D eigenvalue weighted by molar-refractivity contribution is 9.10. The average molecular weight is 314 g/mol. The van der Waals surface area contributed by atoms with Crippen LogP contribution in [0.4, 0.5) is 0 Å². The Hall–Kier alpha value is -1.07. The Morgan fingerprint density at radius 2 is 2.28 bits per heavy atom. The van der Waals surface area contributed by atoms with Crippen LogP contribution in [0.3, 0.4) is 0 Å². The number of hydrogen-bond donors (Lipinski definition) is 2. The molecule has 0 heterocycles. The first kappa shape index (κ1) is 13.4. The fourth-order valence-corrected chi connectivity index (χ4v) is 2.18. The molecule has 1 aromatic carbocycles. The number of hydrogen-bond acceptors (Lipinski definition) is 3. The summed E-state index contributed by atoms with van der Waals surface area (Å²) >= 11 is 3.46. The van der Waals surface area contributed by atoms with Crippen LogP contribution in [0.25, 0.3) is 0 Å². The van der Waals surface area contributed by atoms with Crippen LogP contribution in [0.2, 0.25) is 0 Å². The Morgan fingerprint density at radius 1 is 1.56 bits per heavy atom. The average Bonchev–Trinajstić information content (AvgIpc) is 3.14. The van der Waals surface area contributed by atoms with E-state index in [2.05, 4.69) is 15.9 Å². The van der Waals surface area contributed by atoms with E-state index >= 15 is 0 Å². The van der Waals surface area contributed by atoms with Crippen LogP contribution in [0.1, 0.15) is 18.4 Å². The lowest BCUT2D eigenvalue weighted by Crippen LogP contribution is -2.32. The summed E-state index contributed by atoms with van der Waals surface area (Å²) in [5.74, 6) is 0.449. The van der Waals surface area contributed by atoms with E-state index in [0.29, 0.717) is 5.92 Å². The van der Waals surface area contributed by atoms with Crippen LogP contribution in [0.5, 0.6) is 5.75 Å². The zero-order valence-corrected chi connectivity index (χ0v) is 11.5. The molecule has 3 N–H and O–H groups in total. The number of rotatable bonds is 6. The van der Waals surface area contributed by atoms with E-state index < -0.39 is 12.0 Å². The minimum Gasteiger partial charge on any atom is -0.492 e. The third kappa shape index (κ3) is 3.46. The normalized spacial score (nSPS) is 16.3. The summed E-state index contributed by atoms with van der Waals surface area (Å²) in [6, 6.07) is 4.70. The van der Waals surface area contributed by atoms with Crippen molar-refractivity contribution in [2.75, 3.05) is 6.61 Å². The van der Waals surface area contributed by atoms with Crippen molar-refractivity contribution in [1.82, 2.24) is 0 Å². The lowest BCUT2D eigenvalue weighted by Gasteiger charge is -2.12. The predicted molar refractivity (Wildman–Crippen MR) is 71.7 cm³/mol. The number of benzene rings is 1. The molecule has 4 nitrogen and oxygen atoms in total. The van der Waals surface area contributed by atoms with E-state index in [9.17, 15) is 4.79 Å². The van der Waals surface area contributed by atoms with Crippen LogP contribution < -0.4 is 10.5 Å². The van der Waals surface area contributed by atoms with Gasteiger partial charge in [0.1, 0.15) is 11.8 Å². The zero-order chi connectivity index (χ0) is 13.1. The van der Waals surface area contributed by atoms with Crippen molar-refractivity contribution in [2.24, 2.45) is 11.7 Å². The van der Waals surface area contributed by atoms with Crippen molar-refractivity contribution in [3.8, 4) is 5.75 Å². The molecular weight excluding hydrogens is 298 g/mol. The second kappa shape index (κ2) is 5.71. The largest absolute Gasteiger partial charge is 0.492 e. The third-order valence-corrected chi connectivity index (χ3v) is 3.87. The van der Waals surface area contributed by atoms with E-state index in [1.165, 1.54) is 12.8 Å². The van der Waals surface area contributed by atoms with Crippen molar-refractivity contribution in [2.45, 2.75) is 25.3 Å². The Balaban J connectivity index is 2.05. The minimum absolute atomic E-state index is 0.288. The summed E-state index contributed by atoms with van der Waals surface area (Å²) in [6.07, 6.45) is 2.76. The van der Waals surface area contributed by atoms with Crippen molar-refractivity contribution in [3.05, 3.63) is 28.2 Å². The number of nitrogens with two attached hydrogens (primary N) is 1. The first-order chi connectivity index (χ1) is 8.58. The van der Waals surface area contributed by atoms with Gasteiger partial charge in [-0.1, -0.05) is 12.1 Å². The zero-order valence-electron chi connectivity index (χ0n) is 9.93. The Morgan fingerprint density at radius 3 is 2.89 bits per heavy atom. The van der Waals surface area contributed by atoms with Crippen molar-refractivity contribution in [3.63, 3.8) is 0 Å². The molecule has 1 aliphatic rings. The standard InChI is InChI=1S/C13H16BrNO3/c14-12-9(6-10(15)13(16)17)2-1-3-11(12)18-7-8-4-5-8/h1-3,8,10H,4-7,15H2,(H,16,17). The highest BCUT2D eigenvalue weighted by Crippen LogP contribution is 2.33. The van der Waals surface area contributed by atoms with Gasteiger partial charge >= 0.3 is 5.97 Å². The van der Waals surface area contributed by atoms with Gasteiger partial charge in [0.15, 0.2) is 0 Å². The van der Waals surface area contributed by atoms with E-state index in [4.69, 9.17) is 15.6 Å². The molecule has 1 aromatic rings. The molecule has 0 aromatic heterocycles. The topological polar surface area (TPSA) is 72.5 Å². The summed E-state index contributed by atoms with van der Waals surface area (Å²) in [7, 11) is 0. The molecule has 1 fully saturated rings. The van der Waals surface area contributed by atoms with Crippen LogP contribution in [-0.2, 0) is 11.2 Å². The number of aliphatic carboxylic acids is 1. The first-order valence-corrected chi connectivity index (χ1v) is 6.76. The van der Waals surface area contributed by atoms with Gasteiger partial charge in [0.05, 0.1) is 11.1 Å². The third-order valence-electron chi connectivity index (χ3n) is 2.97. The number of halogens is 1. The number of carboxylic acid groups (broad SMARTS) is 1. The molecule has 0 spiro atoms. The number of carboxylic acids is 1. The maximum atomic E-state index is 10.8. The smallest absolute Gasteiger partial charge is 0.320 e. The van der Waals surface area contributed by atoms with Crippen molar-refractivity contribution >= 4 is 21.9 Å². The molecule has 2 rings (SSSR count). The molecule has 1 atom stereocenters. The monoisotopic (exact) mass is 313 g/mol. The molecule has 0 saturated heterocycles. The molecular formula is C13H16BrNO3.